The smallest absolute Gasteiger partial charge is 0.146 e. The summed E-state index contributed by atoms with van der Waals surface area (Å²) in [6.07, 6.45) is 3.61. The lowest BCUT2D eigenvalue weighted by Gasteiger charge is -2.08. The van der Waals surface area contributed by atoms with Gasteiger partial charge in [0.1, 0.15) is 11.6 Å². The van der Waals surface area contributed by atoms with Crippen LogP contribution < -0.4 is 5.32 Å². The standard InChI is InChI=1S/C14H17F2N3/c1-9(2)19-8-11(7-18-19)6-17-14-5-12(15)10(3)4-13(14)16/h4-5,7-9,17H,6H2,1-3H3. The van der Waals surface area contributed by atoms with Crippen molar-refractivity contribution in [1.29, 1.82) is 0 Å². The van der Waals surface area contributed by atoms with Crippen LogP contribution in [0.25, 0.3) is 0 Å². The second-order valence-electron chi connectivity index (χ2n) is 4.86. The van der Waals surface area contributed by atoms with Crippen LogP contribution in [0, 0.1) is 18.6 Å². The lowest BCUT2D eigenvalue weighted by Crippen LogP contribution is -2.03. The fourth-order valence-electron chi connectivity index (χ4n) is 1.73. The SMILES string of the molecule is Cc1cc(F)c(NCc2cnn(C(C)C)c2)cc1F. The minimum Gasteiger partial charge on any atom is -0.378 e. The Bertz CT molecular complexity index is 576. The molecule has 0 aliphatic carbocycles. The van der Waals surface area contributed by atoms with Crippen LogP contribution in [0.2, 0.25) is 0 Å². The first-order valence-corrected chi connectivity index (χ1v) is 6.20. The molecule has 0 saturated carbocycles. The molecule has 102 valence electrons. The third kappa shape index (κ3) is 3.10. The summed E-state index contributed by atoms with van der Waals surface area (Å²) in [5.74, 6) is -0.864. The van der Waals surface area contributed by atoms with Gasteiger partial charge in [-0.25, -0.2) is 8.78 Å². The van der Waals surface area contributed by atoms with Gasteiger partial charge in [-0.2, -0.15) is 5.10 Å². The van der Waals surface area contributed by atoms with E-state index in [0.29, 0.717) is 12.1 Å². The minimum atomic E-state index is -0.449. The zero-order chi connectivity index (χ0) is 14.0. The van der Waals surface area contributed by atoms with Crippen molar-refractivity contribution in [2.24, 2.45) is 0 Å². The van der Waals surface area contributed by atoms with Crippen LogP contribution in [0.4, 0.5) is 14.5 Å². The van der Waals surface area contributed by atoms with Crippen molar-refractivity contribution >= 4 is 5.69 Å². The molecule has 0 aliphatic heterocycles. The molecule has 0 radical (unpaired) electrons. The first-order valence-electron chi connectivity index (χ1n) is 6.20. The molecule has 0 atom stereocenters. The first-order chi connectivity index (χ1) is 8.97. The molecule has 0 unspecified atom stereocenters. The molecule has 0 spiro atoms. The van der Waals surface area contributed by atoms with Crippen LogP contribution in [0.5, 0.6) is 0 Å². The summed E-state index contributed by atoms with van der Waals surface area (Å²) in [7, 11) is 0. The Morgan fingerprint density at radius 1 is 1.26 bits per heavy atom. The van der Waals surface area contributed by atoms with Crippen LogP contribution in [0.1, 0.15) is 31.0 Å². The quantitative estimate of drug-likeness (QED) is 0.914. The predicted octanol–water partition coefficient (Wildman–Crippen LogP) is 3.66. The molecule has 1 heterocycles. The second-order valence-corrected chi connectivity index (χ2v) is 4.86. The fourth-order valence-corrected chi connectivity index (χ4v) is 1.73. The van der Waals surface area contributed by atoms with E-state index in [4.69, 9.17) is 0 Å². The Hall–Kier alpha value is -1.91. The molecule has 0 bridgehead atoms. The van der Waals surface area contributed by atoms with Crippen LogP contribution >= 0.6 is 0 Å². The predicted molar refractivity (Wildman–Crippen MR) is 71.0 cm³/mol. The van der Waals surface area contributed by atoms with E-state index < -0.39 is 11.6 Å². The maximum atomic E-state index is 13.6. The van der Waals surface area contributed by atoms with Crippen molar-refractivity contribution < 1.29 is 8.78 Å². The summed E-state index contributed by atoms with van der Waals surface area (Å²) >= 11 is 0. The molecule has 1 aromatic heterocycles. The number of aryl methyl sites for hydroxylation is 1. The number of benzene rings is 1. The van der Waals surface area contributed by atoms with Gasteiger partial charge in [-0.3, -0.25) is 4.68 Å². The Labute approximate surface area is 111 Å². The highest BCUT2D eigenvalue weighted by Crippen LogP contribution is 2.19. The average Bonchev–Trinajstić information content (AvgIpc) is 2.81. The topological polar surface area (TPSA) is 29.9 Å². The maximum absolute atomic E-state index is 13.6. The van der Waals surface area contributed by atoms with Crippen LogP contribution in [0.15, 0.2) is 24.5 Å². The van der Waals surface area contributed by atoms with E-state index in [1.54, 1.807) is 6.20 Å². The molecule has 0 amide bonds. The second kappa shape index (κ2) is 5.38. The molecule has 1 N–H and O–H groups in total. The third-order valence-corrected chi connectivity index (χ3v) is 2.92. The van der Waals surface area contributed by atoms with Crippen molar-refractivity contribution in [3.63, 3.8) is 0 Å². The Morgan fingerprint density at radius 3 is 2.63 bits per heavy atom. The molecule has 2 rings (SSSR count). The Kier molecular flexibility index (Phi) is 3.83. The monoisotopic (exact) mass is 265 g/mol. The molecule has 19 heavy (non-hydrogen) atoms. The number of nitrogens with zero attached hydrogens (tertiary/aromatic N) is 2. The number of aromatic nitrogens is 2. The van der Waals surface area contributed by atoms with Gasteiger partial charge in [0, 0.05) is 30.4 Å². The summed E-state index contributed by atoms with van der Waals surface area (Å²) < 4.78 is 28.8. The molecular formula is C14H17F2N3. The lowest BCUT2D eigenvalue weighted by atomic mass is 10.2. The van der Waals surface area contributed by atoms with E-state index in [1.807, 2.05) is 24.7 Å². The van der Waals surface area contributed by atoms with Gasteiger partial charge in [-0.1, -0.05) is 0 Å². The van der Waals surface area contributed by atoms with Crippen molar-refractivity contribution in [3.05, 3.63) is 47.3 Å². The highest BCUT2D eigenvalue weighted by Gasteiger charge is 2.08. The van der Waals surface area contributed by atoms with E-state index in [-0.39, 0.29) is 11.7 Å². The van der Waals surface area contributed by atoms with Gasteiger partial charge in [0.05, 0.1) is 11.9 Å². The number of halogens is 2. The van der Waals surface area contributed by atoms with E-state index in [0.717, 1.165) is 5.56 Å². The van der Waals surface area contributed by atoms with Crippen molar-refractivity contribution in [1.82, 2.24) is 9.78 Å². The van der Waals surface area contributed by atoms with E-state index in [9.17, 15) is 8.78 Å². The average molecular weight is 265 g/mol. The first kappa shape index (κ1) is 13.5. The van der Waals surface area contributed by atoms with E-state index in [2.05, 4.69) is 10.4 Å². The molecule has 0 aliphatic rings. The van der Waals surface area contributed by atoms with E-state index in [1.165, 1.54) is 19.1 Å². The summed E-state index contributed by atoms with van der Waals surface area (Å²) in [4.78, 5) is 0. The highest BCUT2D eigenvalue weighted by molar-refractivity contribution is 5.47. The van der Waals surface area contributed by atoms with Gasteiger partial charge < -0.3 is 5.32 Å². The van der Waals surface area contributed by atoms with Gasteiger partial charge in [-0.15, -0.1) is 0 Å². The van der Waals surface area contributed by atoms with Gasteiger partial charge in [-0.05, 0) is 32.4 Å². The summed E-state index contributed by atoms with van der Waals surface area (Å²) in [6, 6.07) is 2.65. The molecule has 2 aromatic rings. The highest BCUT2D eigenvalue weighted by atomic mass is 19.1. The van der Waals surface area contributed by atoms with Gasteiger partial charge in [0.25, 0.3) is 0 Å². The largest absolute Gasteiger partial charge is 0.378 e. The molecule has 3 nitrogen and oxygen atoms in total. The lowest BCUT2D eigenvalue weighted by molar-refractivity contribution is 0.532. The van der Waals surface area contributed by atoms with Gasteiger partial charge >= 0.3 is 0 Å². The molecular weight excluding hydrogens is 248 g/mol. The molecule has 5 heteroatoms. The molecule has 0 fully saturated rings. The van der Waals surface area contributed by atoms with Gasteiger partial charge in [0.2, 0.25) is 0 Å². The third-order valence-electron chi connectivity index (χ3n) is 2.92. The summed E-state index contributed by atoms with van der Waals surface area (Å²) in [5.41, 5.74) is 1.39. The number of anilines is 1. The van der Waals surface area contributed by atoms with Crippen molar-refractivity contribution in [3.8, 4) is 0 Å². The normalized spacial score (nSPS) is 11.1. The van der Waals surface area contributed by atoms with Crippen LogP contribution in [-0.2, 0) is 6.54 Å². The summed E-state index contributed by atoms with van der Waals surface area (Å²) in [6.45, 7) is 6.00. The zero-order valence-electron chi connectivity index (χ0n) is 11.2. The number of hydrogen-bond acceptors (Lipinski definition) is 2. The fraction of sp³-hybridized carbons (Fsp3) is 0.357. The number of hydrogen-bond donors (Lipinski definition) is 1. The molecule has 0 saturated heterocycles. The van der Waals surface area contributed by atoms with Crippen molar-refractivity contribution in [2.75, 3.05) is 5.32 Å². The minimum absolute atomic E-state index is 0.167. The van der Waals surface area contributed by atoms with Crippen LogP contribution in [0.3, 0.4) is 0 Å². The van der Waals surface area contributed by atoms with Crippen LogP contribution in [-0.4, -0.2) is 9.78 Å². The maximum Gasteiger partial charge on any atom is 0.146 e. The number of rotatable bonds is 4. The zero-order valence-corrected chi connectivity index (χ0v) is 11.2. The Balaban J connectivity index is 2.07. The number of nitrogens with one attached hydrogen (secondary N) is 1. The van der Waals surface area contributed by atoms with Crippen molar-refractivity contribution in [2.45, 2.75) is 33.4 Å². The molecule has 1 aromatic carbocycles. The summed E-state index contributed by atoms with van der Waals surface area (Å²) in [5, 5.41) is 7.07. The van der Waals surface area contributed by atoms with Gasteiger partial charge in [0.15, 0.2) is 0 Å². The Morgan fingerprint density at radius 2 is 2.00 bits per heavy atom. The van der Waals surface area contributed by atoms with E-state index >= 15 is 0 Å².